The molecule has 2 unspecified atom stereocenters. The molecule has 0 aliphatic carbocycles. The number of imidazole rings is 1. The molecule has 1 fully saturated rings. The summed E-state index contributed by atoms with van der Waals surface area (Å²) < 4.78 is 7.78. The highest BCUT2D eigenvalue weighted by Gasteiger charge is 2.22. The molecule has 1 amide bonds. The lowest BCUT2D eigenvalue weighted by molar-refractivity contribution is -0.120. The molecule has 1 saturated heterocycles. The van der Waals surface area contributed by atoms with Crippen LogP contribution in [0.3, 0.4) is 0 Å². The van der Waals surface area contributed by atoms with E-state index in [1.54, 1.807) is 0 Å². The van der Waals surface area contributed by atoms with Gasteiger partial charge < -0.3 is 14.6 Å². The number of hydrogen-bond donors (Lipinski definition) is 1. The Labute approximate surface area is 143 Å². The van der Waals surface area contributed by atoms with E-state index < -0.39 is 0 Å². The molecular weight excluding hydrogens is 310 g/mol. The molecule has 1 N–H and O–H groups in total. The average molecular weight is 340 g/mol. The summed E-state index contributed by atoms with van der Waals surface area (Å²) in [5.41, 5.74) is 1.22. The molecule has 0 aromatic carbocycles. The summed E-state index contributed by atoms with van der Waals surface area (Å²) in [6.45, 7) is 12.0. The molecule has 1 aliphatic rings. The molecule has 2 heterocycles. The summed E-state index contributed by atoms with van der Waals surface area (Å²) >= 11 is 1.53. The number of amides is 1. The molecule has 1 aromatic rings. The van der Waals surface area contributed by atoms with E-state index in [-0.39, 0.29) is 17.3 Å². The number of nitrogens with one attached hydrogen (secondary N) is 1. The van der Waals surface area contributed by atoms with Crippen LogP contribution in [0.15, 0.2) is 11.4 Å². The van der Waals surface area contributed by atoms with Gasteiger partial charge in [0.25, 0.3) is 0 Å². The van der Waals surface area contributed by atoms with Crippen molar-refractivity contribution in [2.45, 2.75) is 75.9 Å². The molecule has 6 heteroatoms. The van der Waals surface area contributed by atoms with E-state index in [4.69, 9.17) is 4.74 Å². The smallest absolute Gasteiger partial charge is 0.233 e. The fourth-order valence-electron chi connectivity index (χ4n) is 2.76. The number of nitrogens with zero attached hydrogens (tertiary/aromatic N) is 2. The fraction of sp³-hybridized carbons (Fsp3) is 0.765. The molecule has 0 spiro atoms. The minimum absolute atomic E-state index is 0.0508. The first kappa shape index (κ1) is 18.3. The van der Waals surface area contributed by atoms with Crippen LogP contribution in [0.25, 0.3) is 0 Å². The van der Waals surface area contributed by atoms with Crippen molar-refractivity contribution in [1.29, 1.82) is 0 Å². The zero-order valence-corrected chi connectivity index (χ0v) is 15.7. The third-order valence-electron chi connectivity index (χ3n) is 4.08. The Morgan fingerprint density at radius 2 is 2.17 bits per heavy atom. The standard InChI is InChI=1S/C17H29N3O2S/c1-11(2)15-10-19-17(20(15)12(3)4)23-13(5)16(21)18-9-14-7-6-8-22-14/h10-14H,6-9H2,1-5H3,(H,18,21). The summed E-state index contributed by atoms with van der Waals surface area (Å²) in [6.07, 6.45) is 4.25. The predicted octanol–water partition coefficient (Wildman–Crippen LogP) is 3.36. The van der Waals surface area contributed by atoms with Crippen molar-refractivity contribution in [3.8, 4) is 0 Å². The second-order valence-electron chi connectivity index (χ2n) is 6.72. The maximum Gasteiger partial charge on any atom is 0.233 e. The van der Waals surface area contributed by atoms with Crippen LogP contribution in [0.5, 0.6) is 0 Å². The van der Waals surface area contributed by atoms with Gasteiger partial charge in [0.05, 0.1) is 11.4 Å². The van der Waals surface area contributed by atoms with Gasteiger partial charge >= 0.3 is 0 Å². The van der Waals surface area contributed by atoms with Crippen molar-refractivity contribution in [2.75, 3.05) is 13.2 Å². The minimum atomic E-state index is -0.170. The summed E-state index contributed by atoms with van der Waals surface area (Å²) in [5, 5.41) is 3.75. The summed E-state index contributed by atoms with van der Waals surface area (Å²) in [5.74, 6) is 0.470. The summed E-state index contributed by atoms with van der Waals surface area (Å²) in [4.78, 5) is 16.8. The largest absolute Gasteiger partial charge is 0.376 e. The van der Waals surface area contributed by atoms with E-state index in [0.717, 1.165) is 24.6 Å². The Balaban J connectivity index is 1.96. The highest BCUT2D eigenvalue weighted by Crippen LogP contribution is 2.29. The van der Waals surface area contributed by atoms with Crippen molar-refractivity contribution in [3.63, 3.8) is 0 Å². The first-order chi connectivity index (χ1) is 10.9. The van der Waals surface area contributed by atoms with Crippen LogP contribution >= 0.6 is 11.8 Å². The molecular formula is C17H29N3O2S. The molecule has 0 bridgehead atoms. The third-order valence-corrected chi connectivity index (χ3v) is 5.16. The Kier molecular flexibility index (Phi) is 6.53. The molecule has 0 saturated carbocycles. The van der Waals surface area contributed by atoms with Crippen molar-refractivity contribution in [2.24, 2.45) is 0 Å². The van der Waals surface area contributed by atoms with Gasteiger partial charge in [-0.15, -0.1) is 0 Å². The van der Waals surface area contributed by atoms with Crippen molar-refractivity contribution in [3.05, 3.63) is 11.9 Å². The van der Waals surface area contributed by atoms with Crippen LogP contribution in [-0.2, 0) is 9.53 Å². The van der Waals surface area contributed by atoms with E-state index in [0.29, 0.717) is 18.5 Å². The Morgan fingerprint density at radius 3 is 2.74 bits per heavy atom. The number of hydrogen-bond acceptors (Lipinski definition) is 4. The molecule has 5 nitrogen and oxygen atoms in total. The van der Waals surface area contributed by atoms with Crippen LogP contribution in [0.1, 0.15) is 65.1 Å². The van der Waals surface area contributed by atoms with Crippen LogP contribution in [-0.4, -0.2) is 40.0 Å². The maximum atomic E-state index is 12.3. The second-order valence-corrected chi connectivity index (χ2v) is 8.03. The Hall–Kier alpha value is -1.01. The van der Waals surface area contributed by atoms with Gasteiger partial charge in [-0.05, 0) is 39.5 Å². The number of aromatic nitrogens is 2. The third kappa shape index (κ3) is 4.73. The number of carbonyl (C=O) groups excluding carboxylic acids is 1. The van der Waals surface area contributed by atoms with E-state index in [1.165, 1.54) is 17.5 Å². The summed E-state index contributed by atoms with van der Waals surface area (Å²) in [7, 11) is 0. The molecule has 130 valence electrons. The van der Waals surface area contributed by atoms with Gasteiger partial charge in [-0.1, -0.05) is 25.6 Å². The van der Waals surface area contributed by atoms with E-state index in [2.05, 4.69) is 42.6 Å². The van der Waals surface area contributed by atoms with Gasteiger partial charge in [0.15, 0.2) is 5.16 Å². The lowest BCUT2D eigenvalue weighted by atomic mass is 10.1. The van der Waals surface area contributed by atoms with Crippen molar-refractivity contribution < 1.29 is 9.53 Å². The molecule has 1 aromatic heterocycles. The van der Waals surface area contributed by atoms with Gasteiger partial charge in [-0.3, -0.25) is 4.79 Å². The molecule has 1 aliphatic heterocycles. The van der Waals surface area contributed by atoms with Crippen LogP contribution in [0, 0.1) is 0 Å². The average Bonchev–Trinajstić information content (AvgIpc) is 3.13. The van der Waals surface area contributed by atoms with E-state index in [1.807, 2.05) is 13.1 Å². The predicted molar refractivity (Wildman–Crippen MR) is 94.0 cm³/mol. The number of carbonyl (C=O) groups is 1. The molecule has 23 heavy (non-hydrogen) atoms. The Morgan fingerprint density at radius 1 is 1.43 bits per heavy atom. The molecule has 2 rings (SSSR count). The van der Waals surface area contributed by atoms with Crippen LogP contribution in [0.4, 0.5) is 0 Å². The van der Waals surface area contributed by atoms with Gasteiger partial charge in [-0.25, -0.2) is 4.98 Å². The van der Waals surface area contributed by atoms with Crippen molar-refractivity contribution in [1.82, 2.24) is 14.9 Å². The maximum absolute atomic E-state index is 12.3. The van der Waals surface area contributed by atoms with Gasteiger partial charge in [0, 0.05) is 31.1 Å². The lowest BCUT2D eigenvalue weighted by Gasteiger charge is -2.19. The first-order valence-electron chi connectivity index (χ1n) is 8.53. The topological polar surface area (TPSA) is 56.2 Å². The van der Waals surface area contributed by atoms with Crippen molar-refractivity contribution >= 4 is 17.7 Å². The van der Waals surface area contributed by atoms with Crippen LogP contribution < -0.4 is 5.32 Å². The number of rotatable bonds is 7. The zero-order chi connectivity index (χ0) is 17.0. The zero-order valence-electron chi connectivity index (χ0n) is 14.8. The van der Waals surface area contributed by atoms with Crippen LogP contribution in [0.2, 0.25) is 0 Å². The first-order valence-corrected chi connectivity index (χ1v) is 9.41. The lowest BCUT2D eigenvalue weighted by Crippen LogP contribution is -2.36. The SMILES string of the molecule is CC(Sc1ncc(C(C)C)n1C(C)C)C(=O)NCC1CCCO1. The molecule has 0 radical (unpaired) electrons. The minimum Gasteiger partial charge on any atom is -0.376 e. The van der Waals surface area contributed by atoms with Gasteiger partial charge in [0.1, 0.15) is 0 Å². The highest BCUT2D eigenvalue weighted by atomic mass is 32.2. The van der Waals surface area contributed by atoms with E-state index in [9.17, 15) is 4.79 Å². The normalized spacial score (nSPS) is 19.5. The fourth-order valence-corrected chi connectivity index (χ4v) is 3.81. The van der Waals surface area contributed by atoms with E-state index >= 15 is 0 Å². The molecule has 2 atom stereocenters. The highest BCUT2D eigenvalue weighted by molar-refractivity contribution is 8.00. The van der Waals surface area contributed by atoms with Gasteiger partial charge in [0.2, 0.25) is 5.91 Å². The second kappa shape index (κ2) is 8.20. The quantitative estimate of drug-likeness (QED) is 0.774. The number of thioether (sulfide) groups is 1. The Bertz CT molecular complexity index is 522. The van der Waals surface area contributed by atoms with Gasteiger partial charge in [-0.2, -0.15) is 0 Å². The number of ether oxygens (including phenoxy) is 1. The monoisotopic (exact) mass is 339 g/mol. The summed E-state index contributed by atoms with van der Waals surface area (Å²) in [6, 6.07) is 0.333.